The molecular formula is C26H25N5O4S. The topological polar surface area (TPSA) is 124 Å². The Morgan fingerprint density at radius 2 is 1.89 bits per heavy atom. The van der Waals surface area contributed by atoms with Crippen molar-refractivity contribution in [1.82, 2.24) is 25.3 Å². The zero-order chi connectivity index (χ0) is 25.3. The summed E-state index contributed by atoms with van der Waals surface area (Å²) in [5.74, 6) is 0.0988. The lowest BCUT2D eigenvalue weighted by atomic mass is 10.1. The molecule has 1 aliphatic carbocycles. The molecule has 0 saturated heterocycles. The summed E-state index contributed by atoms with van der Waals surface area (Å²) in [5.41, 5.74) is 4.55. The Hall–Kier alpha value is -3.76. The molecule has 1 saturated carbocycles. The maximum Gasteiger partial charge on any atom is 0.251 e. The smallest absolute Gasteiger partial charge is 0.251 e. The number of carbonyl (C=O) groups excluding carboxylic acids is 1. The largest absolute Gasteiger partial charge is 0.380 e. The number of nitrogens with zero attached hydrogens (tertiary/aromatic N) is 4. The van der Waals surface area contributed by atoms with Crippen LogP contribution in [0.15, 0.2) is 59.9 Å². The van der Waals surface area contributed by atoms with Gasteiger partial charge in [-0.1, -0.05) is 6.07 Å². The third-order valence-electron chi connectivity index (χ3n) is 6.00. The molecule has 9 nitrogen and oxygen atoms in total. The van der Waals surface area contributed by atoms with Gasteiger partial charge in [0.1, 0.15) is 5.69 Å². The Kier molecular flexibility index (Phi) is 6.46. The molecule has 0 spiro atoms. The van der Waals surface area contributed by atoms with Crippen molar-refractivity contribution < 1.29 is 17.9 Å². The minimum absolute atomic E-state index is 0.0754. The number of pyridine rings is 2. The summed E-state index contributed by atoms with van der Waals surface area (Å²) in [4.78, 5) is 31.1. The number of ether oxygens (including phenoxy) is 1. The zero-order valence-corrected chi connectivity index (χ0v) is 20.7. The Morgan fingerprint density at radius 3 is 2.64 bits per heavy atom. The maximum atomic E-state index is 12.8. The van der Waals surface area contributed by atoms with Gasteiger partial charge in [0.2, 0.25) is 0 Å². The van der Waals surface area contributed by atoms with Gasteiger partial charge < -0.3 is 10.1 Å². The lowest BCUT2D eigenvalue weighted by Gasteiger charge is -2.11. The summed E-state index contributed by atoms with van der Waals surface area (Å²) in [6, 6.07) is 10.2. The standard InChI is InChI=1S/C26H25N5O4S/c1-35-15-19-6-5-17(9-25(19)36(2,33)34)26(32)29-12-20-10-22-18(11-28-20)7-8-21(30-22)24-14-27-13-23(31-24)16-3-4-16/h5-11,13-14,16H,3-4,12,15H2,1-2H3,(H,29,32). The molecule has 1 amide bonds. The third kappa shape index (κ3) is 5.24. The number of nitrogens with one attached hydrogen (secondary N) is 1. The van der Waals surface area contributed by atoms with Crippen LogP contribution in [0, 0.1) is 0 Å². The second kappa shape index (κ2) is 9.71. The number of amides is 1. The number of hydrogen-bond donors (Lipinski definition) is 1. The molecular weight excluding hydrogens is 478 g/mol. The summed E-state index contributed by atoms with van der Waals surface area (Å²) in [6.07, 6.45) is 8.65. The first-order valence-electron chi connectivity index (χ1n) is 11.5. The number of hydrogen-bond acceptors (Lipinski definition) is 8. The number of aromatic nitrogens is 4. The second-order valence-corrected chi connectivity index (χ2v) is 10.9. The van der Waals surface area contributed by atoms with Gasteiger partial charge in [0.25, 0.3) is 5.91 Å². The van der Waals surface area contributed by atoms with Crippen LogP contribution in [0.25, 0.3) is 22.3 Å². The molecule has 1 aliphatic rings. The predicted molar refractivity (Wildman–Crippen MR) is 134 cm³/mol. The molecule has 0 aliphatic heterocycles. The molecule has 3 heterocycles. The summed E-state index contributed by atoms with van der Waals surface area (Å²) in [7, 11) is -2.04. The van der Waals surface area contributed by atoms with E-state index in [9.17, 15) is 13.2 Å². The van der Waals surface area contributed by atoms with Crippen molar-refractivity contribution in [3.8, 4) is 11.4 Å². The highest BCUT2D eigenvalue weighted by atomic mass is 32.2. The number of sulfone groups is 1. The molecule has 4 aromatic rings. The molecule has 1 fully saturated rings. The van der Waals surface area contributed by atoms with E-state index < -0.39 is 15.7 Å². The van der Waals surface area contributed by atoms with Gasteiger partial charge in [-0.15, -0.1) is 0 Å². The fraction of sp³-hybridized carbons (Fsp3) is 0.269. The molecule has 1 N–H and O–H groups in total. The van der Waals surface area contributed by atoms with Crippen molar-refractivity contribution in [1.29, 1.82) is 0 Å². The van der Waals surface area contributed by atoms with Crippen LogP contribution < -0.4 is 5.32 Å². The van der Waals surface area contributed by atoms with E-state index >= 15 is 0 Å². The third-order valence-corrected chi connectivity index (χ3v) is 7.18. The lowest BCUT2D eigenvalue weighted by Crippen LogP contribution is -2.23. The number of carbonyl (C=O) groups is 1. The van der Waals surface area contributed by atoms with E-state index in [1.54, 1.807) is 24.5 Å². The van der Waals surface area contributed by atoms with Crippen LogP contribution in [-0.4, -0.2) is 47.6 Å². The predicted octanol–water partition coefficient (Wildman–Crippen LogP) is 3.44. The van der Waals surface area contributed by atoms with Gasteiger partial charge >= 0.3 is 0 Å². The van der Waals surface area contributed by atoms with Crippen LogP contribution in [0.3, 0.4) is 0 Å². The van der Waals surface area contributed by atoms with Crippen LogP contribution in [0.5, 0.6) is 0 Å². The van der Waals surface area contributed by atoms with Crippen molar-refractivity contribution in [3.05, 3.63) is 77.5 Å². The quantitative estimate of drug-likeness (QED) is 0.388. The summed E-state index contributed by atoms with van der Waals surface area (Å²) >= 11 is 0. The highest BCUT2D eigenvalue weighted by Gasteiger charge is 2.25. The molecule has 0 radical (unpaired) electrons. The zero-order valence-electron chi connectivity index (χ0n) is 19.9. The van der Waals surface area contributed by atoms with Crippen molar-refractivity contribution >= 4 is 26.6 Å². The Labute approximate surface area is 208 Å². The maximum absolute atomic E-state index is 12.8. The van der Waals surface area contributed by atoms with E-state index in [-0.39, 0.29) is 23.6 Å². The van der Waals surface area contributed by atoms with E-state index in [0.717, 1.165) is 47.1 Å². The molecule has 5 rings (SSSR count). The van der Waals surface area contributed by atoms with Crippen molar-refractivity contribution in [2.75, 3.05) is 13.4 Å². The van der Waals surface area contributed by atoms with Gasteiger partial charge in [-0.2, -0.15) is 0 Å². The second-order valence-electron chi connectivity index (χ2n) is 8.88. The minimum atomic E-state index is -3.52. The van der Waals surface area contributed by atoms with Crippen LogP contribution in [-0.2, 0) is 27.7 Å². The molecule has 3 aromatic heterocycles. The van der Waals surface area contributed by atoms with Gasteiger partial charge in [0.05, 0.1) is 46.8 Å². The highest BCUT2D eigenvalue weighted by Crippen LogP contribution is 2.39. The van der Waals surface area contributed by atoms with E-state index in [4.69, 9.17) is 14.7 Å². The Bertz CT molecular complexity index is 1570. The molecule has 184 valence electrons. The fourth-order valence-electron chi connectivity index (χ4n) is 3.97. The highest BCUT2D eigenvalue weighted by molar-refractivity contribution is 7.90. The van der Waals surface area contributed by atoms with E-state index in [1.807, 2.05) is 24.4 Å². The van der Waals surface area contributed by atoms with E-state index in [0.29, 0.717) is 17.2 Å². The molecule has 0 unspecified atom stereocenters. The monoisotopic (exact) mass is 503 g/mol. The van der Waals surface area contributed by atoms with Crippen molar-refractivity contribution in [2.24, 2.45) is 0 Å². The summed E-state index contributed by atoms with van der Waals surface area (Å²) in [6.45, 7) is 0.294. The van der Waals surface area contributed by atoms with Gasteiger partial charge in [0.15, 0.2) is 9.84 Å². The van der Waals surface area contributed by atoms with Crippen LogP contribution >= 0.6 is 0 Å². The minimum Gasteiger partial charge on any atom is -0.380 e. The van der Waals surface area contributed by atoms with Crippen LogP contribution in [0.1, 0.15) is 46.1 Å². The average molecular weight is 504 g/mol. The van der Waals surface area contributed by atoms with E-state index in [2.05, 4.69) is 15.3 Å². The lowest BCUT2D eigenvalue weighted by molar-refractivity contribution is 0.0950. The molecule has 10 heteroatoms. The van der Waals surface area contributed by atoms with E-state index in [1.165, 1.54) is 13.2 Å². The number of rotatable bonds is 8. The summed E-state index contributed by atoms with van der Waals surface area (Å²) < 4.78 is 29.4. The van der Waals surface area contributed by atoms with Gasteiger partial charge in [-0.3, -0.25) is 14.8 Å². The number of methoxy groups -OCH3 is 1. The van der Waals surface area contributed by atoms with Crippen LogP contribution in [0.4, 0.5) is 0 Å². The number of fused-ring (bicyclic) bond motifs is 1. The van der Waals surface area contributed by atoms with Gasteiger partial charge in [0, 0.05) is 42.6 Å². The Balaban J connectivity index is 1.34. The molecule has 36 heavy (non-hydrogen) atoms. The first kappa shape index (κ1) is 24.0. The molecule has 0 bridgehead atoms. The molecule has 0 atom stereocenters. The average Bonchev–Trinajstić information content (AvgIpc) is 3.72. The van der Waals surface area contributed by atoms with Gasteiger partial charge in [-0.05, 0) is 48.7 Å². The van der Waals surface area contributed by atoms with Crippen molar-refractivity contribution in [2.45, 2.75) is 36.8 Å². The Morgan fingerprint density at radius 1 is 1.06 bits per heavy atom. The molecule has 1 aromatic carbocycles. The first-order valence-corrected chi connectivity index (χ1v) is 13.4. The van der Waals surface area contributed by atoms with Gasteiger partial charge in [-0.25, -0.2) is 18.4 Å². The number of benzene rings is 1. The fourth-order valence-corrected chi connectivity index (χ4v) is 4.91. The van der Waals surface area contributed by atoms with Crippen molar-refractivity contribution in [3.63, 3.8) is 0 Å². The summed E-state index contributed by atoms with van der Waals surface area (Å²) in [5, 5.41) is 3.67. The first-order chi connectivity index (χ1) is 17.3. The van der Waals surface area contributed by atoms with Crippen LogP contribution in [0.2, 0.25) is 0 Å². The normalized spacial score (nSPS) is 13.6. The SMILES string of the molecule is COCc1ccc(C(=O)NCc2cc3nc(-c4cncc(C5CC5)n4)ccc3cn2)cc1S(C)(=O)=O.